The number of nitrogens with zero attached hydrogens (tertiary/aromatic N) is 2. The van der Waals surface area contributed by atoms with Crippen LogP contribution in [0.5, 0.6) is 0 Å². The fourth-order valence-electron chi connectivity index (χ4n) is 1.39. The van der Waals surface area contributed by atoms with Gasteiger partial charge in [-0.25, -0.2) is 4.39 Å². The van der Waals surface area contributed by atoms with Crippen LogP contribution in [-0.4, -0.2) is 12.6 Å². The fourth-order valence-corrected chi connectivity index (χ4v) is 1.39. The van der Waals surface area contributed by atoms with Gasteiger partial charge in [-0.1, -0.05) is 6.07 Å². The minimum atomic E-state index is -1.41. The van der Waals surface area contributed by atoms with Crippen molar-refractivity contribution in [3.05, 3.63) is 35.1 Å². The molecule has 1 atom stereocenters. The molecule has 0 fully saturated rings. The lowest BCUT2D eigenvalue weighted by molar-refractivity contribution is -0.143. The van der Waals surface area contributed by atoms with Crippen molar-refractivity contribution in [2.45, 2.75) is 12.8 Å². The highest BCUT2D eigenvalue weighted by Gasteiger charge is 2.27. The number of carbonyl (C=O) groups excluding carboxylic acids is 1. The van der Waals surface area contributed by atoms with Crippen molar-refractivity contribution < 1.29 is 13.9 Å². The van der Waals surface area contributed by atoms with Crippen LogP contribution in [0.25, 0.3) is 0 Å². The fraction of sp³-hybridized carbons (Fsp3) is 0.250. The molecular weight excluding hydrogens is 223 g/mol. The summed E-state index contributed by atoms with van der Waals surface area (Å²) in [4.78, 5) is 11.5. The lowest BCUT2D eigenvalue weighted by Gasteiger charge is -2.10. The van der Waals surface area contributed by atoms with Gasteiger partial charge in [0.15, 0.2) is 5.92 Å². The number of nitriles is 2. The van der Waals surface area contributed by atoms with E-state index >= 15 is 0 Å². The number of rotatable bonds is 3. The summed E-state index contributed by atoms with van der Waals surface area (Å²) in [5.74, 6) is -3.02. The van der Waals surface area contributed by atoms with Crippen molar-refractivity contribution in [3.8, 4) is 12.1 Å². The summed E-state index contributed by atoms with van der Waals surface area (Å²) in [6.45, 7) is 1.67. The van der Waals surface area contributed by atoms with Crippen molar-refractivity contribution in [3.63, 3.8) is 0 Å². The van der Waals surface area contributed by atoms with E-state index in [1.165, 1.54) is 12.1 Å². The van der Waals surface area contributed by atoms with Crippen LogP contribution < -0.4 is 0 Å². The van der Waals surface area contributed by atoms with E-state index in [2.05, 4.69) is 4.74 Å². The summed E-state index contributed by atoms with van der Waals surface area (Å²) in [6.07, 6.45) is 0. The Labute approximate surface area is 97.8 Å². The van der Waals surface area contributed by atoms with E-state index in [1.54, 1.807) is 19.1 Å². The molecule has 0 aromatic heterocycles. The SMILES string of the molecule is CCOC(=O)C(C#N)c1c(F)cccc1C#N. The normalized spacial score (nSPS) is 11.1. The van der Waals surface area contributed by atoms with Crippen LogP contribution >= 0.6 is 0 Å². The third-order valence-corrected chi connectivity index (χ3v) is 2.11. The van der Waals surface area contributed by atoms with E-state index in [9.17, 15) is 9.18 Å². The topological polar surface area (TPSA) is 73.9 Å². The standard InChI is InChI=1S/C12H9FN2O2/c1-2-17-12(16)9(7-15)11-8(6-14)4-3-5-10(11)13/h3-5,9H,2H2,1H3. The number of benzene rings is 1. The molecule has 0 N–H and O–H groups in total. The molecule has 0 aliphatic carbocycles. The molecule has 5 heteroatoms. The first-order valence-corrected chi connectivity index (χ1v) is 4.90. The second-order valence-electron chi connectivity index (χ2n) is 3.13. The van der Waals surface area contributed by atoms with E-state index in [0.29, 0.717) is 0 Å². The van der Waals surface area contributed by atoms with E-state index in [1.807, 2.05) is 0 Å². The van der Waals surface area contributed by atoms with Gasteiger partial charge >= 0.3 is 5.97 Å². The van der Waals surface area contributed by atoms with Gasteiger partial charge in [0, 0.05) is 5.56 Å². The molecule has 1 aromatic carbocycles. The molecule has 4 nitrogen and oxygen atoms in total. The zero-order chi connectivity index (χ0) is 12.8. The van der Waals surface area contributed by atoms with Crippen LogP contribution in [0.3, 0.4) is 0 Å². The van der Waals surface area contributed by atoms with Crippen molar-refractivity contribution >= 4 is 5.97 Å². The van der Waals surface area contributed by atoms with E-state index < -0.39 is 17.7 Å². The van der Waals surface area contributed by atoms with Crippen molar-refractivity contribution in [1.82, 2.24) is 0 Å². The van der Waals surface area contributed by atoms with Gasteiger partial charge in [-0.3, -0.25) is 4.79 Å². The number of hydrogen-bond donors (Lipinski definition) is 0. The summed E-state index contributed by atoms with van der Waals surface area (Å²) >= 11 is 0. The molecule has 0 heterocycles. The Balaban J connectivity index is 3.27. The predicted octanol–water partition coefficient (Wildman–Crippen LogP) is 1.87. The van der Waals surface area contributed by atoms with Gasteiger partial charge < -0.3 is 4.74 Å². The molecule has 0 aliphatic rings. The van der Waals surface area contributed by atoms with Crippen LogP contribution in [0.2, 0.25) is 0 Å². The first-order chi connectivity index (χ1) is 8.15. The predicted molar refractivity (Wildman–Crippen MR) is 56.1 cm³/mol. The molecule has 0 bridgehead atoms. The molecular formula is C12H9FN2O2. The maximum absolute atomic E-state index is 13.6. The van der Waals surface area contributed by atoms with Crippen LogP contribution in [0.1, 0.15) is 24.0 Å². The minimum absolute atomic E-state index is 0.0374. The van der Waals surface area contributed by atoms with Gasteiger partial charge in [-0.2, -0.15) is 10.5 Å². The second-order valence-corrected chi connectivity index (χ2v) is 3.13. The number of halogens is 1. The first kappa shape index (κ1) is 12.7. The van der Waals surface area contributed by atoms with E-state index in [0.717, 1.165) is 6.07 Å². The summed E-state index contributed by atoms with van der Waals surface area (Å²) in [6, 6.07) is 7.19. The molecule has 86 valence electrons. The summed E-state index contributed by atoms with van der Waals surface area (Å²) in [5, 5.41) is 17.7. The maximum atomic E-state index is 13.6. The molecule has 1 unspecified atom stereocenters. The molecule has 17 heavy (non-hydrogen) atoms. The van der Waals surface area contributed by atoms with E-state index in [-0.39, 0.29) is 17.7 Å². The van der Waals surface area contributed by atoms with Crippen molar-refractivity contribution in [2.75, 3.05) is 6.61 Å². The van der Waals surface area contributed by atoms with Gasteiger partial charge in [0.05, 0.1) is 24.3 Å². The first-order valence-electron chi connectivity index (χ1n) is 4.90. The summed E-state index contributed by atoms with van der Waals surface area (Å²) in [5.41, 5.74) is -0.263. The molecule has 0 amide bonds. The zero-order valence-corrected chi connectivity index (χ0v) is 9.11. The molecule has 0 saturated carbocycles. The third-order valence-electron chi connectivity index (χ3n) is 2.11. The van der Waals surface area contributed by atoms with Gasteiger partial charge in [0.2, 0.25) is 0 Å². The minimum Gasteiger partial charge on any atom is -0.465 e. The highest BCUT2D eigenvalue weighted by atomic mass is 19.1. The number of hydrogen-bond acceptors (Lipinski definition) is 4. The van der Waals surface area contributed by atoms with Crippen molar-refractivity contribution in [1.29, 1.82) is 10.5 Å². The average molecular weight is 232 g/mol. The number of esters is 1. The number of ether oxygens (including phenoxy) is 1. The van der Waals surface area contributed by atoms with Crippen LogP contribution in [0, 0.1) is 28.5 Å². The zero-order valence-electron chi connectivity index (χ0n) is 9.11. The Morgan fingerprint density at radius 3 is 2.76 bits per heavy atom. The Morgan fingerprint density at radius 2 is 2.24 bits per heavy atom. The Kier molecular flexibility index (Phi) is 4.19. The maximum Gasteiger partial charge on any atom is 0.328 e. The average Bonchev–Trinajstić information content (AvgIpc) is 2.32. The Hall–Kier alpha value is -2.40. The highest BCUT2D eigenvalue weighted by molar-refractivity contribution is 5.82. The second kappa shape index (κ2) is 5.62. The van der Waals surface area contributed by atoms with Gasteiger partial charge in [-0.05, 0) is 19.1 Å². The van der Waals surface area contributed by atoms with E-state index in [4.69, 9.17) is 10.5 Å². The molecule has 0 spiro atoms. The Bertz CT molecular complexity index is 514. The van der Waals surface area contributed by atoms with Crippen LogP contribution in [0.15, 0.2) is 18.2 Å². The van der Waals surface area contributed by atoms with Gasteiger partial charge in [0.1, 0.15) is 5.82 Å². The van der Waals surface area contributed by atoms with Crippen LogP contribution in [0.4, 0.5) is 4.39 Å². The van der Waals surface area contributed by atoms with Crippen LogP contribution in [-0.2, 0) is 9.53 Å². The highest BCUT2D eigenvalue weighted by Crippen LogP contribution is 2.24. The monoisotopic (exact) mass is 232 g/mol. The quantitative estimate of drug-likeness (QED) is 0.745. The lowest BCUT2D eigenvalue weighted by atomic mass is 9.95. The molecule has 0 aliphatic heterocycles. The lowest BCUT2D eigenvalue weighted by Crippen LogP contribution is -2.17. The largest absolute Gasteiger partial charge is 0.465 e. The third kappa shape index (κ3) is 2.59. The van der Waals surface area contributed by atoms with Gasteiger partial charge in [-0.15, -0.1) is 0 Å². The van der Waals surface area contributed by atoms with Gasteiger partial charge in [0.25, 0.3) is 0 Å². The number of carbonyl (C=O) groups is 1. The van der Waals surface area contributed by atoms with Crippen molar-refractivity contribution in [2.24, 2.45) is 0 Å². The Morgan fingerprint density at radius 1 is 1.53 bits per heavy atom. The molecule has 1 aromatic rings. The molecule has 0 saturated heterocycles. The molecule has 1 rings (SSSR count). The summed E-state index contributed by atoms with van der Waals surface area (Å²) < 4.78 is 18.2. The molecule has 0 radical (unpaired) electrons. The summed E-state index contributed by atoms with van der Waals surface area (Å²) in [7, 11) is 0. The smallest absolute Gasteiger partial charge is 0.328 e.